The molecule has 1 aromatic rings. The lowest BCUT2D eigenvalue weighted by molar-refractivity contribution is -0.143. The number of rotatable bonds is 6. The predicted molar refractivity (Wildman–Crippen MR) is 94.3 cm³/mol. The van der Waals surface area contributed by atoms with E-state index in [9.17, 15) is 14.4 Å². The molecule has 1 fully saturated rings. The van der Waals surface area contributed by atoms with Gasteiger partial charge in [0, 0.05) is 20.6 Å². The van der Waals surface area contributed by atoms with E-state index in [1.54, 1.807) is 32.3 Å². The molecular formula is C18H25N3O4. The van der Waals surface area contributed by atoms with Crippen molar-refractivity contribution < 1.29 is 19.1 Å². The fraction of sp³-hybridized carbons (Fsp3) is 0.500. The van der Waals surface area contributed by atoms with Crippen molar-refractivity contribution in [3.8, 4) is 5.75 Å². The summed E-state index contributed by atoms with van der Waals surface area (Å²) in [4.78, 5) is 39.9. The van der Waals surface area contributed by atoms with Gasteiger partial charge in [-0.3, -0.25) is 14.4 Å². The Morgan fingerprint density at radius 1 is 1.28 bits per heavy atom. The number of nitrogens with zero attached hydrogens (tertiary/aromatic N) is 2. The van der Waals surface area contributed by atoms with Gasteiger partial charge in [0.25, 0.3) is 0 Å². The number of benzene rings is 1. The van der Waals surface area contributed by atoms with Crippen LogP contribution in [0.1, 0.15) is 26.2 Å². The largest absolute Gasteiger partial charge is 0.492 e. The minimum atomic E-state index is -0.467. The van der Waals surface area contributed by atoms with Gasteiger partial charge in [-0.25, -0.2) is 0 Å². The Labute approximate surface area is 147 Å². The molecule has 136 valence electrons. The molecule has 0 spiro atoms. The fourth-order valence-electron chi connectivity index (χ4n) is 2.90. The van der Waals surface area contributed by atoms with Gasteiger partial charge in [-0.1, -0.05) is 12.1 Å². The number of amides is 3. The van der Waals surface area contributed by atoms with Crippen LogP contribution in [0.5, 0.6) is 5.75 Å². The van der Waals surface area contributed by atoms with Crippen molar-refractivity contribution in [3.63, 3.8) is 0 Å². The molecule has 1 atom stereocenters. The van der Waals surface area contributed by atoms with Crippen molar-refractivity contribution in [2.45, 2.75) is 32.2 Å². The molecule has 0 aliphatic carbocycles. The number of anilines is 1. The topological polar surface area (TPSA) is 79.0 Å². The van der Waals surface area contributed by atoms with Gasteiger partial charge in [0.05, 0.1) is 12.3 Å². The van der Waals surface area contributed by atoms with Crippen LogP contribution in [0.4, 0.5) is 5.69 Å². The summed E-state index contributed by atoms with van der Waals surface area (Å²) in [5, 5.41) is 2.71. The maximum atomic E-state index is 12.5. The number of carbonyl (C=O) groups is 3. The van der Waals surface area contributed by atoms with Crippen LogP contribution in [0, 0.1) is 0 Å². The zero-order valence-corrected chi connectivity index (χ0v) is 14.9. The number of ether oxygens (including phenoxy) is 1. The lowest BCUT2D eigenvalue weighted by Crippen LogP contribution is -2.46. The molecule has 0 radical (unpaired) electrons. The van der Waals surface area contributed by atoms with Gasteiger partial charge in [0.1, 0.15) is 18.2 Å². The number of carbonyl (C=O) groups excluding carboxylic acids is 3. The highest BCUT2D eigenvalue weighted by Crippen LogP contribution is 2.24. The summed E-state index contributed by atoms with van der Waals surface area (Å²) >= 11 is 0. The monoisotopic (exact) mass is 347 g/mol. The number of hydrogen-bond donors (Lipinski definition) is 1. The van der Waals surface area contributed by atoms with Crippen LogP contribution >= 0.6 is 0 Å². The molecule has 1 aliphatic rings. The Kier molecular flexibility index (Phi) is 6.38. The van der Waals surface area contributed by atoms with Crippen molar-refractivity contribution in [3.05, 3.63) is 24.3 Å². The van der Waals surface area contributed by atoms with Gasteiger partial charge < -0.3 is 19.9 Å². The summed E-state index contributed by atoms with van der Waals surface area (Å²) in [5.74, 6) is -0.287. The Morgan fingerprint density at radius 2 is 2.00 bits per heavy atom. The van der Waals surface area contributed by atoms with Gasteiger partial charge in [-0.2, -0.15) is 0 Å². The van der Waals surface area contributed by atoms with Gasteiger partial charge in [-0.15, -0.1) is 0 Å². The van der Waals surface area contributed by atoms with Crippen molar-refractivity contribution in [2.75, 3.05) is 32.6 Å². The molecule has 1 aromatic carbocycles. The van der Waals surface area contributed by atoms with Crippen LogP contribution in [0.2, 0.25) is 0 Å². The number of para-hydroxylation sites is 2. The van der Waals surface area contributed by atoms with E-state index in [2.05, 4.69) is 5.32 Å². The zero-order valence-electron chi connectivity index (χ0n) is 14.9. The van der Waals surface area contributed by atoms with E-state index < -0.39 is 11.9 Å². The van der Waals surface area contributed by atoms with E-state index in [0.29, 0.717) is 31.0 Å². The average Bonchev–Trinajstić information content (AvgIpc) is 3.05. The number of likely N-dealkylation sites (N-methyl/N-ethyl adjacent to an activating group) is 1. The lowest BCUT2D eigenvalue weighted by atomic mass is 10.2. The van der Waals surface area contributed by atoms with Crippen molar-refractivity contribution in [2.24, 2.45) is 0 Å². The average molecular weight is 347 g/mol. The van der Waals surface area contributed by atoms with E-state index in [1.165, 1.54) is 9.80 Å². The second-order valence-corrected chi connectivity index (χ2v) is 6.13. The maximum Gasteiger partial charge on any atom is 0.244 e. The first-order chi connectivity index (χ1) is 11.9. The number of likely N-dealkylation sites (tertiary alicyclic amines) is 1. The van der Waals surface area contributed by atoms with Gasteiger partial charge in [0.2, 0.25) is 17.7 Å². The molecule has 1 heterocycles. The summed E-state index contributed by atoms with van der Waals surface area (Å²) in [6.45, 7) is 2.84. The quantitative estimate of drug-likeness (QED) is 0.791. The molecule has 0 bridgehead atoms. The molecule has 7 heteroatoms. The van der Waals surface area contributed by atoms with Crippen LogP contribution in [0.3, 0.4) is 0 Å². The summed E-state index contributed by atoms with van der Waals surface area (Å²) in [5.41, 5.74) is 0.532. The summed E-state index contributed by atoms with van der Waals surface area (Å²) in [6, 6.07) is 6.61. The van der Waals surface area contributed by atoms with Gasteiger partial charge in [0.15, 0.2) is 0 Å². The summed E-state index contributed by atoms with van der Waals surface area (Å²) in [7, 11) is 3.33. The molecule has 1 saturated heterocycles. The minimum Gasteiger partial charge on any atom is -0.492 e. The third kappa shape index (κ3) is 4.71. The SMILES string of the molecule is CCOc1ccccc1NC(=O)CC(=O)N1CCC[C@H]1C(=O)N(C)C. The van der Waals surface area contributed by atoms with Crippen LogP contribution in [0.25, 0.3) is 0 Å². The molecule has 0 saturated carbocycles. The van der Waals surface area contributed by atoms with E-state index in [1.807, 2.05) is 13.0 Å². The second kappa shape index (κ2) is 8.50. The van der Waals surface area contributed by atoms with E-state index in [4.69, 9.17) is 4.74 Å². The molecule has 0 unspecified atom stereocenters. The molecule has 7 nitrogen and oxygen atoms in total. The van der Waals surface area contributed by atoms with Crippen LogP contribution in [-0.2, 0) is 14.4 Å². The Morgan fingerprint density at radius 3 is 2.68 bits per heavy atom. The first-order valence-corrected chi connectivity index (χ1v) is 8.46. The molecule has 0 aromatic heterocycles. The van der Waals surface area contributed by atoms with E-state index >= 15 is 0 Å². The third-order valence-electron chi connectivity index (χ3n) is 4.07. The molecule has 25 heavy (non-hydrogen) atoms. The van der Waals surface area contributed by atoms with Crippen molar-refractivity contribution in [1.29, 1.82) is 0 Å². The molecule has 1 N–H and O–H groups in total. The standard InChI is InChI=1S/C18H25N3O4/c1-4-25-15-10-6-5-8-13(15)19-16(22)12-17(23)21-11-7-9-14(21)18(24)20(2)3/h5-6,8,10,14H,4,7,9,11-12H2,1-3H3,(H,19,22)/t14-/m0/s1. The van der Waals surface area contributed by atoms with Crippen LogP contribution < -0.4 is 10.1 Å². The highest BCUT2D eigenvalue weighted by molar-refractivity contribution is 6.05. The third-order valence-corrected chi connectivity index (χ3v) is 4.07. The predicted octanol–water partition coefficient (Wildman–Crippen LogP) is 1.49. The van der Waals surface area contributed by atoms with Gasteiger partial charge >= 0.3 is 0 Å². The molecule has 1 aliphatic heterocycles. The molecular weight excluding hydrogens is 322 g/mol. The zero-order chi connectivity index (χ0) is 18.4. The fourth-order valence-corrected chi connectivity index (χ4v) is 2.90. The van der Waals surface area contributed by atoms with Crippen molar-refractivity contribution in [1.82, 2.24) is 9.80 Å². The number of hydrogen-bond acceptors (Lipinski definition) is 4. The highest BCUT2D eigenvalue weighted by Gasteiger charge is 2.35. The Balaban J connectivity index is 1.98. The van der Waals surface area contributed by atoms with Crippen molar-refractivity contribution >= 4 is 23.4 Å². The first kappa shape index (κ1) is 18.8. The first-order valence-electron chi connectivity index (χ1n) is 8.46. The second-order valence-electron chi connectivity index (χ2n) is 6.13. The summed E-state index contributed by atoms with van der Waals surface area (Å²) < 4.78 is 5.46. The molecule has 2 rings (SSSR count). The lowest BCUT2D eigenvalue weighted by Gasteiger charge is -2.26. The number of nitrogens with one attached hydrogen (secondary N) is 1. The smallest absolute Gasteiger partial charge is 0.244 e. The summed E-state index contributed by atoms with van der Waals surface area (Å²) in [6.07, 6.45) is 1.11. The van der Waals surface area contributed by atoms with E-state index in [0.717, 1.165) is 6.42 Å². The van der Waals surface area contributed by atoms with Gasteiger partial charge in [-0.05, 0) is 31.9 Å². The highest BCUT2D eigenvalue weighted by atomic mass is 16.5. The minimum absolute atomic E-state index is 0.104. The maximum absolute atomic E-state index is 12.5. The molecule has 3 amide bonds. The van der Waals surface area contributed by atoms with E-state index in [-0.39, 0.29) is 18.2 Å². The normalized spacial score (nSPS) is 16.4. The Hall–Kier alpha value is -2.57. The van der Waals surface area contributed by atoms with Crippen LogP contribution in [-0.4, -0.2) is 60.8 Å². The van der Waals surface area contributed by atoms with Crippen LogP contribution in [0.15, 0.2) is 24.3 Å². The Bertz CT molecular complexity index is 645.